The Morgan fingerprint density at radius 3 is 2.33 bits per heavy atom. The third-order valence-electron chi connectivity index (χ3n) is 8.79. The molecule has 218 valence electrons. The Morgan fingerprint density at radius 2 is 1.65 bits per heavy atom. The number of aryl methyl sites for hydroxylation is 1. The SMILES string of the molecule is CCCCCC1CCC(CCc2ccc(OC(=O)c3ccc(OCCCCC[C@@H](C)CC)cc3)c(C#N)c2)CC1. The standard InChI is InChI=1S/C36H51NO3/c1-4-6-8-12-29-13-15-30(16-14-29)17-18-31-19-24-35(33(26-31)27-37)40-36(38)32-20-22-34(23-21-32)39-25-10-7-9-11-28(3)5-2/h19-24,26,28-30H,4-18,25H2,1-3H3/t28-,29?,30?/m0/s1. The minimum Gasteiger partial charge on any atom is -0.494 e. The van der Waals surface area contributed by atoms with Gasteiger partial charge in [0.05, 0.1) is 17.7 Å². The lowest BCUT2D eigenvalue weighted by Crippen LogP contribution is -2.15. The van der Waals surface area contributed by atoms with E-state index in [1.807, 2.05) is 24.3 Å². The summed E-state index contributed by atoms with van der Waals surface area (Å²) in [6.07, 6.45) is 19.0. The molecule has 0 radical (unpaired) electrons. The van der Waals surface area contributed by atoms with Gasteiger partial charge in [-0.3, -0.25) is 0 Å². The molecule has 0 unspecified atom stereocenters. The predicted molar refractivity (Wildman–Crippen MR) is 164 cm³/mol. The average Bonchev–Trinajstić information content (AvgIpc) is 2.99. The summed E-state index contributed by atoms with van der Waals surface area (Å²) < 4.78 is 11.5. The normalized spacial score (nSPS) is 17.6. The maximum Gasteiger partial charge on any atom is 0.343 e. The first-order valence-corrected chi connectivity index (χ1v) is 16.0. The van der Waals surface area contributed by atoms with E-state index < -0.39 is 5.97 Å². The molecule has 0 aromatic heterocycles. The molecule has 1 atom stereocenters. The van der Waals surface area contributed by atoms with Crippen LogP contribution in [0.2, 0.25) is 0 Å². The molecule has 0 bridgehead atoms. The number of unbranched alkanes of at least 4 members (excludes halogenated alkanes) is 4. The molecule has 0 saturated heterocycles. The van der Waals surface area contributed by atoms with E-state index in [1.54, 1.807) is 18.2 Å². The molecular weight excluding hydrogens is 494 g/mol. The number of esters is 1. The zero-order valence-electron chi connectivity index (χ0n) is 25.3. The molecule has 3 rings (SSSR count). The van der Waals surface area contributed by atoms with Crippen molar-refractivity contribution in [2.75, 3.05) is 6.61 Å². The van der Waals surface area contributed by atoms with Crippen LogP contribution in [0.4, 0.5) is 0 Å². The summed E-state index contributed by atoms with van der Waals surface area (Å²) in [6.45, 7) is 7.51. The van der Waals surface area contributed by atoms with Gasteiger partial charge in [-0.2, -0.15) is 5.26 Å². The van der Waals surface area contributed by atoms with Crippen molar-refractivity contribution >= 4 is 5.97 Å². The second-order valence-corrected chi connectivity index (χ2v) is 12.0. The van der Waals surface area contributed by atoms with Crippen LogP contribution in [0.5, 0.6) is 11.5 Å². The van der Waals surface area contributed by atoms with E-state index in [0.717, 1.165) is 48.3 Å². The van der Waals surface area contributed by atoms with Crippen molar-refractivity contribution in [3.63, 3.8) is 0 Å². The van der Waals surface area contributed by atoms with Gasteiger partial charge in [-0.15, -0.1) is 0 Å². The molecule has 2 aromatic carbocycles. The van der Waals surface area contributed by atoms with Gasteiger partial charge in [-0.05, 0) is 79.0 Å². The second-order valence-electron chi connectivity index (χ2n) is 12.0. The van der Waals surface area contributed by atoms with E-state index in [0.29, 0.717) is 23.5 Å². The van der Waals surface area contributed by atoms with E-state index >= 15 is 0 Å². The highest BCUT2D eigenvalue weighted by Gasteiger charge is 2.21. The minimum absolute atomic E-state index is 0.321. The molecule has 1 aliphatic rings. The fourth-order valence-electron chi connectivity index (χ4n) is 5.78. The van der Waals surface area contributed by atoms with Crippen LogP contribution in [0.1, 0.15) is 132 Å². The summed E-state index contributed by atoms with van der Waals surface area (Å²) in [5.41, 5.74) is 2.00. The molecule has 4 heteroatoms. The fourth-order valence-corrected chi connectivity index (χ4v) is 5.78. The monoisotopic (exact) mass is 545 g/mol. The van der Waals surface area contributed by atoms with Crippen molar-refractivity contribution in [3.05, 3.63) is 59.2 Å². The summed E-state index contributed by atoms with van der Waals surface area (Å²) >= 11 is 0. The van der Waals surface area contributed by atoms with E-state index in [4.69, 9.17) is 9.47 Å². The largest absolute Gasteiger partial charge is 0.494 e. The van der Waals surface area contributed by atoms with Crippen LogP contribution in [-0.2, 0) is 6.42 Å². The molecule has 0 heterocycles. The Labute approximate surface area is 243 Å². The van der Waals surface area contributed by atoms with Crippen molar-refractivity contribution in [2.45, 2.75) is 117 Å². The Balaban J connectivity index is 1.41. The molecule has 40 heavy (non-hydrogen) atoms. The fraction of sp³-hybridized carbons (Fsp3) is 0.611. The number of ether oxygens (including phenoxy) is 2. The zero-order chi connectivity index (χ0) is 28.6. The third kappa shape index (κ3) is 11.0. The van der Waals surface area contributed by atoms with Gasteiger partial charge in [0.25, 0.3) is 0 Å². The molecule has 0 aliphatic heterocycles. The van der Waals surface area contributed by atoms with Crippen LogP contribution < -0.4 is 9.47 Å². The van der Waals surface area contributed by atoms with E-state index in [-0.39, 0.29) is 0 Å². The van der Waals surface area contributed by atoms with Crippen LogP contribution >= 0.6 is 0 Å². The van der Waals surface area contributed by atoms with Gasteiger partial charge in [-0.1, -0.05) is 104 Å². The summed E-state index contributed by atoms with van der Waals surface area (Å²) in [4.78, 5) is 12.8. The first-order valence-electron chi connectivity index (χ1n) is 16.0. The van der Waals surface area contributed by atoms with Crippen molar-refractivity contribution in [1.82, 2.24) is 0 Å². The minimum atomic E-state index is -0.462. The first-order chi connectivity index (χ1) is 19.5. The van der Waals surface area contributed by atoms with E-state index in [1.165, 1.54) is 77.0 Å². The lowest BCUT2D eigenvalue weighted by Gasteiger charge is -2.28. The lowest BCUT2D eigenvalue weighted by atomic mass is 9.78. The van der Waals surface area contributed by atoms with E-state index in [2.05, 4.69) is 26.8 Å². The number of rotatable bonds is 17. The average molecular weight is 546 g/mol. The number of benzene rings is 2. The summed E-state index contributed by atoms with van der Waals surface area (Å²) in [7, 11) is 0. The summed E-state index contributed by atoms with van der Waals surface area (Å²) in [6, 6.07) is 14.9. The molecular formula is C36H51NO3. The van der Waals surface area contributed by atoms with Crippen molar-refractivity contribution in [2.24, 2.45) is 17.8 Å². The van der Waals surface area contributed by atoms with E-state index in [9.17, 15) is 10.1 Å². The molecule has 1 fully saturated rings. The second kappa shape index (κ2) is 17.8. The third-order valence-corrected chi connectivity index (χ3v) is 8.79. The van der Waals surface area contributed by atoms with Crippen molar-refractivity contribution in [1.29, 1.82) is 5.26 Å². The number of carbonyl (C=O) groups is 1. The smallest absolute Gasteiger partial charge is 0.343 e. The highest BCUT2D eigenvalue weighted by atomic mass is 16.5. The number of hydrogen-bond acceptors (Lipinski definition) is 4. The molecule has 0 spiro atoms. The summed E-state index contributed by atoms with van der Waals surface area (Å²) in [5, 5.41) is 9.72. The molecule has 0 amide bonds. The molecule has 2 aromatic rings. The Hall–Kier alpha value is -2.80. The number of nitriles is 1. The Bertz CT molecular complexity index is 1050. The van der Waals surface area contributed by atoms with Crippen LogP contribution in [-0.4, -0.2) is 12.6 Å². The van der Waals surface area contributed by atoms with Crippen LogP contribution in [0.3, 0.4) is 0 Å². The summed E-state index contributed by atoms with van der Waals surface area (Å²) in [5.74, 6) is 3.13. The van der Waals surface area contributed by atoms with Gasteiger partial charge in [0.15, 0.2) is 0 Å². The maximum absolute atomic E-state index is 12.8. The van der Waals surface area contributed by atoms with Gasteiger partial charge in [0.1, 0.15) is 17.6 Å². The number of nitrogens with zero attached hydrogens (tertiary/aromatic N) is 1. The van der Waals surface area contributed by atoms with Gasteiger partial charge < -0.3 is 9.47 Å². The quantitative estimate of drug-likeness (QED) is 0.113. The zero-order valence-corrected chi connectivity index (χ0v) is 25.3. The van der Waals surface area contributed by atoms with Crippen LogP contribution in [0.15, 0.2) is 42.5 Å². The highest BCUT2D eigenvalue weighted by molar-refractivity contribution is 5.91. The predicted octanol–water partition coefficient (Wildman–Crippen LogP) is 10.1. The topological polar surface area (TPSA) is 59.3 Å². The Morgan fingerprint density at radius 1 is 0.925 bits per heavy atom. The number of hydrogen-bond donors (Lipinski definition) is 0. The Kier molecular flexibility index (Phi) is 14.1. The first kappa shape index (κ1) is 31.7. The lowest BCUT2D eigenvalue weighted by molar-refractivity contribution is 0.0734. The molecule has 1 saturated carbocycles. The van der Waals surface area contributed by atoms with Gasteiger partial charge in [-0.25, -0.2) is 4.79 Å². The van der Waals surface area contributed by atoms with Crippen molar-refractivity contribution < 1.29 is 14.3 Å². The van der Waals surface area contributed by atoms with Gasteiger partial charge in [0.2, 0.25) is 0 Å². The van der Waals surface area contributed by atoms with Crippen LogP contribution in [0.25, 0.3) is 0 Å². The van der Waals surface area contributed by atoms with Gasteiger partial charge >= 0.3 is 5.97 Å². The van der Waals surface area contributed by atoms with Crippen molar-refractivity contribution in [3.8, 4) is 17.6 Å². The molecule has 4 nitrogen and oxygen atoms in total. The number of carbonyl (C=O) groups excluding carboxylic acids is 1. The molecule has 1 aliphatic carbocycles. The highest BCUT2D eigenvalue weighted by Crippen LogP contribution is 2.34. The maximum atomic E-state index is 12.8. The molecule has 0 N–H and O–H groups in total. The van der Waals surface area contributed by atoms with Gasteiger partial charge in [0, 0.05) is 0 Å². The van der Waals surface area contributed by atoms with Crippen LogP contribution in [0, 0.1) is 29.1 Å².